The van der Waals surface area contributed by atoms with Gasteiger partial charge in [0.2, 0.25) is 5.91 Å². The minimum absolute atomic E-state index is 0.0271. The van der Waals surface area contributed by atoms with Gasteiger partial charge in [-0.05, 0) is 36.4 Å². The molecule has 0 bridgehead atoms. The number of anilines is 2. The van der Waals surface area contributed by atoms with Gasteiger partial charge in [-0.25, -0.2) is 4.39 Å². The Kier molecular flexibility index (Phi) is 5.89. The van der Waals surface area contributed by atoms with Gasteiger partial charge in [0.25, 0.3) is 0 Å². The summed E-state index contributed by atoms with van der Waals surface area (Å²) in [5.74, 6) is -0.434. The van der Waals surface area contributed by atoms with E-state index < -0.39 is 5.82 Å². The number of ether oxygens (including phenoxy) is 1. The molecule has 4 aromatic rings. The van der Waals surface area contributed by atoms with Crippen LogP contribution in [0.1, 0.15) is 0 Å². The Morgan fingerprint density at radius 1 is 1.12 bits per heavy atom. The molecule has 1 saturated heterocycles. The number of nitrogens with zero attached hydrogens (tertiary/aromatic N) is 5. The maximum atomic E-state index is 14.3. The van der Waals surface area contributed by atoms with Crippen molar-refractivity contribution in [2.75, 3.05) is 31.6 Å². The molecule has 8 nitrogen and oxygen atoms in total. The fraction of sp³-hybridized carbons (Fsp3) is 0.217. The average molecular weight is 467 g/mol. The second-order valence-electron chi connectivity index (χ2n) is 7.57. The minimum atomic E-state index is -0.407. The summed E-state index contributed by atoms with van der Waals surface area (Å²) in [4.78, 5) is 23.2. The van der Waals surface area contributed by atoms with Crippen LogP contribution in [0.3, 0.4) is 0 Å². The van der Waals surface area contributed by atoms with Crippen LogP contribution in [0.5, 0.6) is 0 Å². The topological polar surface area (TPSA) is 85.2 Å². The lowest BCUT2D eigenvalue weighted by Gasteiger charge is -2.26. The lowest BCUT2D eigenvalue weighted by Crippen LogP contribution is -2.42. The van der Waals surface area contributed by atoms with Gasteiger partial charge in [0.05, 0.1) is 30.8 Å². The van der Waals surface area contributed by atoms with Crippen LogP contribution in [0.2, 0.25) is 5.02 Å². The van der Waals surface area contributed by atoms with Crippen LogP contribution in [-0.4, -0.2) is 56.9 Å². The summed E-state index contributed by atoms with van der Waals surface area (Å²) in [6.07, 6.45) is 4.89. The molecular formula is C23H20ClFN6O2. The summed E-state index contributed by atoms with van der Waals surface area (Å²) >= 11 is 6.04. The van der Waals surface area contributed by atoms with Gasteiger partial charge in [0, 0.05) is 41.8 Å². The number of amides is 1. The van der Waals surface area contributed by atoms with Gasteiger partial charge >= 0.3 is 0 Å². The Balaban J connectivity index is 1.44. The number of aromatic nitrogens is 4. The third kappa shape index (κ3) is 4.50. The number of carbonyl (C=O) groups excluding carboxylic acids is 1. The molecule has 168 valence electrons. The largest absolute Gasteiger partial charge is 0.378 e. The first-order chi connectivity index (χ1) is 16.1. The highest BCUT2D eigenvalue weighted by molar-refractivity contribution is 6.30. The Bertz CT molecular complexity index is 1320. The van der Waals surface area contributed by atoms with E-state index in [0.717, 1.165) is 5.69 Å². The summed E-state index contributed by atoms with van der Waals surface area (Å²) in [6.45, 7) is 2.32. The molecule has 0 radical (unpaired) electrons. The van der Waals surface area contributed by atoms with E-state index in [1.165, 1.54) is 12.1 Å². The van der Waals surface area contributed by atoms with E-state index in [1.807, 2.05) is 0 Å². The van der Waals surface area contributed by atoms with E-state index in [-0.39, 0.29) is 12.5 Å². The zero-order valence-electron chi connectivity index (χ0n) is 17.5. The van der Waals surface area contributed by atoms with Gasteiger partial charge in [0.1, 0.15) is 23.4 Å². The van der Waals surface area contributed by atoms with Crippen molar-refractivity contribution < 1.29 is 13.9 Å². The van der Waals surface area contributed by atoms with Gasteiger partial charge < -0.3 is 15.0 Å². The predicted octanol–water partition coefficient (Wildman–Crippen LogP) is 3.89. The second kappa shape index (κ2) is 9.13. The zero-order chi connectivity index (χ0) is 22.8. The number of fused-ring (bicyclic) bond motifs is 1. The molecule has 0 saturated carbocycles. The maximum Gasteiger partial charge on any atom is 0.244 e. The van der Waals surface area contributed by atoms with Gasteiger partial charge in [-0.15, -0.1) is 0 Å². The summed E-state index contributed by atoms with van der Waals surface area (Å²) in [5, 5.41) is 8.13. The molecule has 1 aliphatic heterocycles. The molecule has 5 rings (SSSR count). The van der Waals surface area contributed by atoms with Crippen molar-refractivity contribution in [1.82, 2.24) is 24.6 Å². The first kappa shape index (κ1) is 21.3. The molecule has 1 aromatic carbocycles. The van der Waals surface area contributed by atoms with Crippen LogP contribution >= 0.6 is 11.6 Å². The molecule has 0 aliphatic carbocycles. The third-order valence-corrected chi connectivity index (χ3v) is 5.66. The molecule has 0 atom stereocenters. The van der Waals surface area contributed by atoms with Crippen LogP contribution in [-0.2, 0) is 16.1 Å². The maximum absolute atomic E-state index is 14.3. The molecule has 1 aliphatic rings. The van der Waals surface area contributed by atoms with Gasteiger partial charge in [-0.2, -0.15) is 5.10 Å². The third-order valence-electron chi connectivity index (χ3n) is 5.42. The minimum Gasteiger partial charge on any atom is -0.378 e. The van der Waals surface area contributed by atoms with Crippen molar-refractivity contribution in [2.24, 2.45) is 0 Å². The van der Waals surface area contributed by atoms with Gasteiger partial charge in [-0.3, -0.25) is 19.4 Å². The standard InChI is InChI=1S/C23H20ClFN6O2/c24-15-1-2-18(25)17(11-15)20-12-16(3-5-26-20)29-19-4-6-27-21-13-28-31(23(19)21)14-22(32)30-7-9-33-10-8-30/h1-6,11-13H,7-10,14H2,(H,26,27,29). The summed E-state index contributed by atoms with van der Waals surface area (Å²) < 4.78 is 21.3. The number of pyridine rings is 2. The van der Waals surface area contributed by atoms with Crippen LogP contribution in [0, 0.1) is 5.82 Å². The Hall–Kier alpha value is -3.56. The van der Waals surface area contributed by atoms with E-state index in [1.54, 1.807) is 52.4 Å². The molecule has 0 spiro atoms. The number of nitrogens with one attached hydrogen (secondary N) is 1. The monoisotopic (exact) mass is 466 g/mol. The molecule has 33 heavy (non-hydrogen) atoms. The lowest BCUT2D eigenvalue weighted by molar-refractivity contribution is -0.136. The van der Waals surface area contributed by atoms with Crippen molar-refractivity contribution in [3.8, 4) is 11.3 Å². The number of morpholine rings is 1. The molecule has 1 N–H and O–H groups in total. The highest BCUT2D eigenvalue weighted by Gasteiger charge is 2.19. The number of carbonyl (C=O) groups is 1. The lowest BCUT2D eigenvalue weighted by atomic mass is 10.1. The van der Waals surface area contributed by atoms with E-state index >= 15 is 0 Å². The highest BCUT2D eigenvalue weighted by atomic mass is 35.5. The van der Waals surface area contributed by atoms with Crippen LogP contribution in [0.25, 0.3) is 22.3 Å². The molecule has 3 aromatic heterocycles. The quantitative estimate of drug-likeness (QED) is 0.480. The summed E-state index contributed by atoms with van der Waals surface area (Å²) in [7, 11) is 0. The SMILES string of the molecule is O=C(Cn1ncc2nccc(Nc3ccnc(-c4cc(Cl)ccc4F)c3)c21)N1CCOCC1. The molecular weight excluding hydrogens is 447 g/mol. The summed E-state index contributed by atoms with van der Waals surface area (Å²) in [6, 6.07) is 9.67. The first-order valence-electron chi connectivity index (χ1n) is 10.4. The molecule has 10 heteroatoms. The Morgan fingerprint density at radius 2 is 1.94 bits per heavy atom. The normalized spacial score (nSPS) is 13.9. The molecule has 1 amide bonds. The van der Waals surface area contributed by atoms with Crippen molar-refractivity contribution in [2.45, 2.75) is 6.54 Å². The van der Waals surface area contributed by atoms with Gasteiger partial charge in [-0.1, -0.05) is 11.6 Å². The first-order valence-corrected chi connectivity index (χ1v) is 10.8. The fourth-order valence-electron chi connectivity index (χ4n) is 3.78. The van der Waals surface area contributed by atoms with Crippen molar-refractivity contribution in [3.05, 3.63) is 65.8 Å². The van der Waals surface area contributed by atoms with Crippen molar-refractivity contribution in [1.29, 1.82) is 0 Å². The highest BCUT2D eigenvalue weighted by Crippen LogP contribution is 2.29. The number of hydrogen-bond acceptors (Lipinski definition) is 6. The van der Waals surface area contributed by atoms with E-state index in [4.69, 9.17) is 16.3 Å². The van der Waals surface area contributed by atoms with Crippen molar-refractivity contribution in [3.63, 3.8) is 0 Å². The fourth-order valence-corrected chi connectivity index (χ4v) is 3.96. The number of hydrogen-bond donors (Lipinski definition) is 1. The number of benzene rings is 1. The average Bonchev–Trinajstić information content (AvgIpc) is 3.25. The Labute approximate surface area is 194 Å². The molecule has 1 fully saturated rings. The predicted molar refractivity (Wildman–Crippen MR) is 123 cm³/mol. The Morgan fingerprint density at radius 3 is 2.79 bits per heavy atom. The second-order valence-corrected chi connectivity index (χ2v) is 8.00. The zero-order valence-corrected chi connectivity index (χ0v) is 18.3. The summed E-state index contributed by atoms with van der Waals surface area (Å²) in [5.41, 5.74) is 3.53. The number of rotatable bonds is 5. The molecule has 0 unspecified atom stereocenters. The van der Waals surface area contributed by atoms with Crippen LogP contribution in [0.4, 0.5) is 15.8 Å². The molecule has 4 heterocycles. The van der Waals surface area contributed by atoms with Crippen LogP contribution in [0.15, 0.2) is 55.0 Å². The van der Waals surface area contributed by atoms with E-state index in [2.05, 4.69) is 20.4 Å². The van der Waals surface area contributed by atoms with Crippen LogP contribution < -0.4 is 5.32 Å². The smallest absolute Gasteiger partial charge is 0.244 e. The van der Waals surface area contributed by atoms with Crippen molar-refractivity contribution >= 4 is 39.9 Å². The van der Waals surface area contributed by atoms with E-state index in [9.17, 15) is 9.18 Å². The van der Waals surface area contributed by atoms with Gasteiger partial charge in [0.15, 0.2) is 0 Å². The number of halogens is 2. The van der Waals surface area contributed by atoms with E-state index in [0.29, 0.717) is 59.3 Å².